The lowest BCUT2D eigenvalue weighted by Crippen LogP contribution is -2.31. The van der Waals surface area contributed by atoms with Gasteiger partial charge in [-0.25, -0.2) is 13.6 Å². The Kier molecular flexibility index (Phi) is 4.91. The summed E-state index contributed by atoms with van der Waals surface area (Å²) in [5.74, 6) is -0.691. The van der Waals surface area contributed by atoms with Gasteiger partial charge in [-0.15, -0.1) is 0 Å². The molecule has 0 aliphatic carbocycles. The fourth-order valence-electron chi connectivity index (χ4n) is 1.06. The number of hydrogen-bond donors (Lipinski definition) is 2. The van der Waals surface area contributed by atoms with Crippen LogP contribution >= 0.6 is 15.9 Å². The third kappa shape index (κ3) is 3.80. The highest BCUT2D eigenvalue weighted by atomic mass is 79.9. The first-order chi connectivity index (χ1) is 8.25. The third-order valence-corrected chi connectivity index (χ3v) is 3.91. The third-order valence-electron chi connectivity index (χ3n) is 2.14. The largest absolute Gasteiger partial charge is 0.443 e. The van der Waals surface area contributed by atoms with Crippen LogP contribution in [0.1, 0.15) is 17.5 Å². The molecule has 0 aromatic carbocycles. The van der Waals surface area contributed by atoms with Gasteiger partial charge in [-0.2, -0.15) is 0 Å². The first-order valence-electron chi connectivity index (χ1n) is 4.88. The maximum atomic E-state index is 11.6. The fourth-order valence-corrected chi connectivity index (χ4v) is 2.57. The van der Waals surface area contributed by atoms with Crippen molar-refractivity contribution in [2.24, 2.45) is 5.14 Å². The van der Waals surface area contributed by atoms with Gasteiger partial charge in [0.1, 0.15) is 4.90 Å². The van der Waals surface area contributed by atoms with E-state index in [9.17, 15) is 13.2 Å². The minimum atomic E-state index is -3.93. The summed E-state index contributed by atoms with van der Waals surface area (Å²) in [7, 11) is -2.41. The fraction of sp³-hybridized carbons (Fsp3) is 0.444. The van der Waals surface area contributed by atoms with Crippen LogP contribution in [0.2, 0.25) is 0 Å². The Morgan fingerprint density at radius 3 is 2.72 bits per heavy atom. The summed E-state index contributed by atoms with van der Waals surface area (Å²) in [6.07, 6.45) is -0.162. The molecule has 9 heteroatoms. The standard InChI is InChI=1S/C9H13BrN2O5S/c1-5(16-2)4-12-9(13)6-3-7(8(10)17-6)18(11,14)15/h3,5H,4H2,1-2H3,(H,12,13)(H2,11,14,15). The Bertz CT molecular complexity index is 539. The van der Waals surface area contributed by atoms with Crippen molar-refractivity contribution in [3.63, 3.8) is 0 Å². The van der Waals surface area contributed by atoms with Crippen LogP contribution < -0.4 is 10.5 Å². The van der Waals surface area contributed by atoms with Crippen LogP contribution in [0.25, 0.3) is 0 Å². The molecule has 1 heterocycles. The minimum Gasteiger partial charge on any atom is -0.443 e. The number of hydrogen-bond acceptors (Lipinski definition) is 5. The second-order valence-corrected chi connectivity index (χ2v) is 5.80. The number of nitrogens with two attached hydrogens (primary N) is 1. The van der Waals surface area contributed by atoms with E-state index in [0.29, 0.717) is 0 Å². The second-order valence-electron chi connectivity index (χ2n) is 3.55. The summed E-state index contributed by atoms with van der Waals surface area (Å²) >= 11 is 2.88. The van der Waals surface area contributed by atoms with Crippen molar-refractivity contribution in [1.29, 1.82) is 0 Å². The van der Waals surface area contributed by atoms with Crippen LogP contribution in [-0.4, -0.2) is 34.1 Å². The number of primary sulfonamides is 1. The van der Waals surface area contributed by atoms with E-state index in [1.807, 2.05) is 0 Å². The summed E-state index contributed by atoms with van der Waals surface area (Å²) in [4.78, 5) is 11.4. The SMILES string of the molecule is COC(C)CNC(=O)c1cc(S(N)(=O)=O)c(Br)o1. The van der Waals surface area contributed by atoms with Crippen molar-refractivity contribution < 1.29 is 22.4 Å². The topological polar surface area (TPSA) is 112 Å². The highest BCUT2D eigenvalue weighted by Gasteiger charge is 2.22. The van der Waals surface area contributed by atoms with Gasteiger partial charge < -0.3 is 14.5 Å². The first-order valence-corrected chi connectivity index (χ1v) is 7.22. The minimum absolute atomic E-state index is 0.102. The van der Waals surface area contributed by atoms with Crippen LogP contribution in [0.15, 0.2) is 20.0 Å². The van der Waals surface area contributed by atoms with E-state index in [1.54, 1.807) is 6.92 Å². The lowest BCUT2D eigenvalue weighted by molar-refractivity contribution is 0.0845. The number of methoxy groups -OCH3 is 1. The lowest BCUT2D eigenvalue weighted by Gasteiger charge is -2.09. The van der Waals surface area contributed by atoms with Gasteiger partial charge in [-0.05, 0) is 22.9 Å². The number of ether oxygens (including phenoxy) is 1. The number of carbonyl (C=O) groups excluding carboxylic acids is 1. The molecule has 0 aliphatic rings. The predicted molar refractivity (Wildman–Crippen MR) is 66.6 cm³/mol. The quantitative estimate of drug-likeness (QED) is 0.808. The molecule has 0 radical (unpaired) electrons. The number of halogens is 1. The maximum absolute atomic E-state index is 11.6. The number of nitrogens with one attached hydrogen (secondary N) is 1. The van der Waals surface area contributed by atoms with Crippen LogP contribution in [-0.2, 0) is 14.8 Å². The van der Waals surface area contributed by atoms with Crippen LogP contribution in [0.5, 0.6) is 0 Å². The Morgan fingerprint density at radius 1 is 1.67 bits per heavy atom. The molecule has 1 aromatic heterocycles. The molecular weight excluding hydrogens is 328 g/mol. The van der Waals surface area contributed by atoms with Crippen LogP contribution in [0.4, 0.5) is 0 Å². The molecule has 0 fully saturated rings. The van der Waals surface area contributed by atoms with E-state index in [4.69, 9.17) is 14.3 Å². The zero-order valence-corrected chi connectivity index (χ0v) is 12.2. The monoisotopic (exact) mass is 340 g/mol. The summed E-state index contributed by atoms with van der Waals surface area (Å²) in [5.41, 5.74) is 0. The van der Waals surface area contributed by atoms with E-state index in [0.717, 1.165) is 6.07 Å². The van der Waals surface area contributed by atoms with Gasteiger partial charge in [0.25, 0.3) is 5.91 Å². The predicted octanol–water partition coefficient (Wildman–Crippen LogP) is 0.454. The molecule has 102 valence electrons. The Hall–Kier alpha value is -0.900. The van der Waals surface area contributed by atoms with E-state index in [-0.39, 0.29) is 28.0 Å². The number of sulfonamides is 1. The van der Waals surface area contributed by atoms with E-state index in [2.05, 4.69) is 21.2 Å². The molecule has 7 nitrogen and oxygen atoms in total. The van der Waals surface area contributed by atoms with E-state index >= 15 is 0 Å². The average Bonchev–Trinajstić information content (AvgIpc) is 2.67. The first kappa shape index (κ1) is 15.2. The van der Waals surface area contributed by atoms with E-state index in [1.165, 1.54) is 7.11 Å². The molecule has 3 N–H and O–H groups in total. The zero-order chi connectivity index (χ0) is 13.9. The maximum Gasteiger partial charge on any atom is 0.287 e. The van der Waals surface area contributed by atoms with Crippen LogP contribution in [0, 0.1) is 0 Å². The smallest absolute Gasteiger partial charge is 0.287 e. The van der Waals surface area contributed by atoms with Gasteiger partial charge in [0.2, 0.25) is 10.0 Å². The van der Waals surface area contributed by atoms with Crippen LogP contribution in [0.3, 0.4) is 0 Å². The van der Waals surface area contributed by atoms with Gasteiger partial charge in [-0.3, -0.25) is 4.79 Å². The molecule has 18 heavy (non-hydrogen) atoms. The van der Waals surface area contributed by atoms with Crippen molar-refractivity contribution in [3.05, 3.63) is 16.5 Å². The summed E-state index contributed by atoms with van der Waals surface area (Å²) in [5, 5.41) is 7.47. The number of rotatable bonds is 5. The van der Waals surface area contributed by atoms with E-state index < -0.39 is 15.9 Å². The van der Waals surface area contributed by atoms with Gasteiger partial charge >= 0.3 is 0 Å². The summed E-state index contributed by atoms with van der Waals surface area (Å²) in [6, 6.07) is 1.06. The molecule has 1 rings (SSSR count). The molecule has 1 atom stereocenters. The molecule has 0 saturated heterocycles. The van der Waals surface area contributed by atoms with Crippen molar-refractivity contribution in [2.75, 3.05) is 13.7 Å². The van der Waals surface area contributed by atoms with Crippen molar-refractivity contribution in [2.45, 2.75) is 17.9 Å². The Morgan fingerprint density at radius 2 is 2.28 bits per heavy atom. The Labute approximate surface area is 113 Å². The molecule has 0 aliphatic heterocycles. The van der Waals surface area contributed by atoms with Gasteiger partial charge in [-0.1, -0.05) is 0 Å². The Balaban J connectivity index is 2.83. The molecule has 0 spiro atoms. The van der Waals surface area contributed by atoms with Gasteiger partial charge in [0.05, 0.1) is 6.10 Å². The molecule has 1 amide bonds. The molecule has 0 saturated carbocycles. The number of amides is 1. The highest BCUT2D eigenvalue weighted by molar-refractivity contribution is 9.10. The molecule has 1 unspecified atom stereocenters. The number of carbonyl (C=O) groups is 1. The number of furan rings is 1. The molecular formula is C9H13BrN2O5S. The molecule has 1 aromatic rings. The average molecular weight is 341 g/mol. The summed E-state index contributed by atoms with van der Waals surface area (Å²) in [6.45, 7) is 2.05. The summed E-state index contributed by atoms with van der Waals surface area (Å²) < 4.78 is 32.1. The van der Waals surface area contributed by atoms with Crippen molar-refractivity contribution in [1.82, 2.24) is 5.32 Å². The van der Waals surface area contributed by atoms with Gasteiger partial charge in [0, 0.05) is 19.7 Å². The van der Waals surface area contributed by atoms with Gasteiger partial charge in [0.15, 0.2) is 10.4 Å². The lowest BCUT2D eigenvalue weighted by atomic mass is 10.3. The normalized spacial score (nSPS) is 13.3. The van der Waals surface area contributed by atoms with Crippen molar-refractivity contribution >= 4 is 31.9 Å². The molecule has 0 bridgehead atoms. The second kappa shape index (κ2) is 5.83. The zero-order valence-electron chi connectivity index (χ0n) is 9.77. The van der Waals surface area contributed by atoms with Crippen molar-refractivity contribution in [3.8, 4) is 0 Å². The highest BCUT2D eigenvalue weighted by Crippen LogP contribution is 2.24.